The zero-order valence-corrected chi connectivity index (χ0v) is 34.2. The van der Waals surface area contributed by atoms with Crippen molar-refractivity contribution in [1.29, 1.82) is 0 Å². The van der Waals surface area contributed by atoms with E-state index in [9.17, 15) is 43.8 Å². The summed E-state index contributed by atoms with van der Waals surface area (Å²) in [6, 6.07) is 5.76. The monoisotopic (exact) mass is 834 g/mol. The Morgan fingerprint density at radius 3 is 2.30 bits per heavy atom. The van der Waals surface area contributed by atoms with Gasteiger partial charge in [0.1, 0.15) is 18.1 Å². The van der Waals surface area contributed by atoms with Crippen LogP contribution in [-0.4, -0.2) is 118 Å². The van der Waals surface area contributed by atoms with E-state index in [4.69, 9.17) is 17.2 Å². The second-order valence-corrected chi connectivity index (χ2v) is 15.2. The number of carbonyl (C=O) groups is 6. The number of aromatic nitrogens is 1. The summed E-state index contributed by atoms with van der Waals surface area (Å²) in [5.41, 5.74) is 17.7. The van der Waals surface area contributed by atoms with Crippen molar-refractivity contribution in [2.24, 2.45) is 28.1 Å². The number of guanidine groups is 1. The maximum absolute atomic E-state index is 14.3. The molecule has 0 radical (unpaired) electrons. The van der Waals surface area contributed by atoms with Crippen LogP contribution in [0.1, 0.15) is 82.5 Å². The molecule has 0 saturated carbocycles. The van der Waals surface area contributed by atoms with Gasteiger partial charge in [-0.15, -0.1) is 0 Å². The molecule has 0 bridgehead atoms. The second-order valence-electron chi connectivity index (χ2n) is 15.2. The van der Waals surface area contributed by atoms with E-state index in [-0.39, 0.29) is 85.0 Å². The molecule has 13 N–H and O–H groups in total. The fourth-order valence-corrected chi connectivity index (χ4v) is 7.13. The van der Waals surface area contributed by atoms with Gasteiger partial charge >= 0.3 is 5.97 Å². The highest BCUT2D eigenvalue weighted by Crippen LogP contribution is 2.22. The van der Waals surface area contributed by atoms with Crippen LogP contribution in [-0.2, 0) is 24.0 Å². The van der Waals surface area contributed by atoms with E-state index in [1.165, 1.54) is 17.9 Å². The smallest absolute Gasteiger partial charge is 0.328 e. The molecule has 1 fully saturated rings. The van der Waals surface area contributed by atoms with Crippen LogP contribution in [0.25, 0.3) is 21.8 Å². The second kappa shape index (κ2) is 21.8. The summed E-state index contributed by atoms with van der Waals surface area (Å²) < 4.78 is 0. The molecule has 0 spiro atoms. The summed E-state index contributed by atoms with van der Waals surface area (Å²) >= 11 is 0. The Kier molecular flexibility index (Phi) is 16.9. The number of rotatable bonds is 21. The Morgan fingerprint density at radius 1 is 0.917 bits per heavy atom. The van der Waals surface area contributed by atoms with Crippen LogP contribution in [0.5, 0.6) is 0 Å². The number of carbonyl (C=O) groups excluding carboxylic acids is 5. The number of likely N-dealkylation sites (tertiary alicyclic amines) is 1. The Labute approximate surface area is 347 Å². The van der Waals surface area contributed by atoms with Gasteiger partial charge in [0.05, 0.1) is 23.2 Å². The van der Waals surface area contributed by atoms with Crippen molar-refractivity contribution >= 4 is 63.3 Å². The molecule has 7 atom stereocenters. The lowest BCUT2D eigenvalue weighted by Gasteiger charge is -2.30. The number of carboxylic acid groups (broad SMARTS) is 1. The lowest BCUT2D eigenvalue weighted by Crippen LogP contribution is -2.58. The molecule has 1 saturated heterocycles. The summed E-state index contributed by atoms with van der Waals surface area (Å²) in [5, 5.41) is 30.9. The van der Waals surface area contributed by atoms with Crippen molar-refractivity contribution < 1.29 is 39.0 Å². The number of pyridine rings is 1. The number of unbranched alkanes of at least 4 members (excludes halogenated alkanes) is 1. The molecular weight excluding hydrogens is 777 g/mol. The standard InChI is InChI=1S/C41H58N10O9/c1-4-22(2)31(42)38(57)45-19-8-7-16-28(36(55)50-32(23(3)52)40(59)60)48-37(56)30-18-11-21-51(30)39(58)29(17-10-20-46-41(43)44)49-35(54)26-14-9-13-25-33(26)47-27-15-6-5-12-24(27)34(25)53/h5-6,9,12-15,22-23,28-32,52H,4,7-8,10-11,16-21,42H2,1-3H3,(H,45,57)(H,47,53)(H,48,56)(H,49,54)(H,50,55)(H,59,60)(H4,43,44,46)/t22-,23+,28-,29-,30-,31-,32-/m0/s1. The third kappa shape index (κ3) is 12.0. The Morgan fingerprint density at radius 2 is 1.62 bits per heavy atom. The maximum Gasteiger partial charge on any atom is 0.328 e. The van der Waals surface area contributed by atoms with E-state index in [0.717, 1.165) is 6.42 Å². The van der Waals surface area contributed by atoms with Gasteiger partial charge < -0.3 is 58.6 Å². The van der Waals surface area contributed by atoms with Gasteiger partial charge in [-0.3, -0.25) is 33.8 Å². The third-order valence-electron chi connectivity index (χ3n) is 10.8. The minimum Gasteiger partial charge on any atom is -0.480 e. The molecule has 326 valence electrons. The van der Waals surface area contributed by atoms with Crippen LogP contribution in [0.4, 0.5) is 0 Å². The number of benzene rings is 2. The van der Waals surface area contributed by atoms with E-state index in [0.29, 0.717) is 30.2 Å². The molecule has 3 aromatic rings. The number of para-hydroxylation sites is 2. The van der Waals surface area contributed by atoms with Gasteiger partial charge in [-0.2, -0.15) is 0 Å². The minimum absolute atomic E-state index is 0.0280. The number of nitrogens with zero attached hydrogens (tertiary/aromatic N) is 2. The van der Waals surface area contributed by atoms with Crippen LogP contribution in [0, 0.1) is 5.92 Å². The van der Waals surface area contributed by atoms with Crippen molar-refractivity contribution in [1.82, 2.24) is 31.2 Å². The van der Waals surface area contributed by atoms with Crippen LogP contribution >= 0.6 is 0 Å². The molecule has 0 unspecified atom stereocenters. The zero-order valence-electron chi connectivity index (χ0n) is 34.2. The quantitative estimate of drug-likeness (QED) is 0.0292. The number of amides is 5. The molecule has 60 heavy (non-hydrogen) atoms. The van der Waals surface area contributed by atoms with Gasteiger partial charge in [-0.05, 0) is 82.1 Å². The number of aliphatic imine (C=N–C) groups is 1. The normalized spacial score (nSPS) is 16.8. The Hall–Kier alpha value is -6.08. The molecule has 1 aliphatic rings. The van der Waals surface area contributed by atoms with Gasteiger partial charge in [0.2, 0.25) is 23.6 Å². The van der Waals surface area contributed by atoms with Gasteiger partial charge in [0.15, 0.2) is 17.4 Å². The highest BCUT2D eigenvalue weighted by Gasteiger charge is 2.39. The van der Waals surface area contributed by atoms with Crippen LogP contribution in [0.3, 0.4) is 0 Å². The van der Waals surface area contributed by atoms with Gasteiger partial charge in [-0.1, -0.05) is 38.5 Å². The first-order valence-electron chi connectivity index (χ1n) is 20.3. The fourth-order valence-electron chi connectivity index (χ4n) is 7.13. The topological polar surface area (TPSA) is 318 Å². The van der Waals surface area contributed by atoms with Gasteiger partial charge in [0.25, 0.3) is 5.91 Å². The predicted molar refractivity (Wildman–Crippen MR) is 225 cm³/mol. The van der Waals surface area contributed by atoms with Crippen LogP contribution in [0.2, 0.25) is 0 Å². The number of aliphatic hydroxyl groups is 1. The molecule has 2 heterocycles. The molecule has 19 nitrogen and oxygen atoms in total. The number of fused-ring (bicyclic) bond motifs is 2. The first kappa shape index (κ1) is 46.6. The third-order valence-corrected chi connectivity index (χ3v) is 10.8. The molecule has 5 amide bonds. The maximum atomic E-state index is 14.3. The summed E-state index contributed by atoms with van der Waals surface area (Å²) in [4.78, 5) is 102. The van der Waals surface area contributed by atoms with Crippen molar-refractivity contribution in [2.75, 3.05) is 19.6 Å². The molecule has 1 aliphatic heterocycles. The van der Waals surface area contributed by atoms with Crippen molar-refractivity contribution in [3.63, 3.8) is 0 Å². The number of hydrogen-bond acceptors (Lipinski definition) is 10. The lowest BCUT2D eigenvalue weighted by molar-refractivity contribution is -0.145. The highest BCUT2D eigenvalue weighted by molar-refractivity contribution is 6.09. The molecule has 4 rings (SSSR count). The van der Waals surface area contributed by atoms with Crippen molar-refractivity contribution in [2.45, 2.75) is 108 Å². The predicted octanol–water partition coefficient (Wildman–Crippen LogP) is -0.0808. The summed E-state index contributed by atoms with van der Waals surface area (Å²) in [5.74, 6) is -4.73. The van der Waals surface area contributed by atoms with E-state index in [2.05, 4.69) is 31.2 Å². The number of nitrogens with one attached hydrogen (secondary N) is 5. The minimum atomic E-state index is -1.66. The largest absolute Gasteiger partial charge is 0.480 e. The Bertz CT molecular complexity index is 2120. The first-order chi connectivity index (χ1) is 28.5. The number of carboxylic acids is 1. The van der Waals surface area contributed by atoms with E-state index in [1.54, 1.807) is 36.4 Å². The molecule has 2 aromatic carbocycles. The molecular formula is C41H58N10O9. The lowest BCUT2D eigenvalue weighted by atomic mass is 9.99. The van der Waals surface area contributed by atoms with Crippen molar-refractivity contribution in [3.05, 3.63) is 58.3 Å². The van der Waals surface area contributed by atoms with E-state index < -0.39 is 65.9 Å². The van der Waals surface area contributed by atoms with Gasteiger partial charge in [0, 0.05) is 35.9 Å². The fraction of sp³-hybridized carbons (Fsp3) is 0.512. The SMILES string of the molecule is CC[C@H](C)[C@H](N)C(=O)NCCCC[C@H](NC(=O)[C@@H]1CCCN1C(=O)[C@H](CCCN=C(N)N)NC(=O)c1cccc2c(=O)c3ccccc3[nH]c12)C(=O)N[C@H](C(=O)O)[C@@H](C)O. The average molecular weight is 835 g/mol. The zero-order chi connectivity index (χ0) is 44.1. The first-order valence-corrected chi connectivity index (χ1v) is 20.3. The number of hydrogen-bond donors (Lipinski definition) is 10. The summed E-state index contributed by atoms with van der Waals surface area (Å²) in [7, 11) is 0. The van der Waals surface area contributed by atoms with E-state index >= 15 is 0 Å². The van der Waals surface area contributed by atoms with Crippen molar-refractivity contribution in [3.8, 4) is 0 Å². The molecule has 0 aliphatic carbocycles. The number of aliphatic hydroxyl groups excluding tert-OH is 1. The highest BCUT2D eigenvalue weighted by atomic mass is 16.4. The summed E-state index contributed by atoms with van der Waals surface area (Å²) in [6.07, 6.45) is 1.02. The summed E-state index contributed by atoms with van der Waals surface area (Å²) in [6.45, 7) is 5.55. The van der Waals surface area contributed by atoms with Gasteiger partial charge in [-0.25, -0.2) is 4.79 Å². The molecule has 19 heteroatoms. The van der Waals surface area contributed by atoms with Crippen LogP contribution in [0.15, 0.2) is 52.3 Å². The Balaban J connectivity index is 1.54. The number of aliphatic carboxylic acids is 1. The average Bonchev–Trinajstić information content (AvgIpc) is 3.72. The van der Waals surface area contributed by atoms with E-state index in [1.807, 2.05) is 13.8 Å². The number of aromatic amines is 1. The molecule has 1 aromatic heterocycles. The number of H-pyrrole nitrogens is 1. The number of nitrogens with two attached hydrogens (primary N) is 3. The van der Waals surface area contributed by atoms with Crippen LogP contribution < -0.4 is 43.9 Å².